The molecule has 0 unspecified atom stereocenters. The Hall–Kier alpha value is -12.7. The Kier molecular flexibility index (Phi) is 38.0. The van der Waals surface area contributed by atoms with Crippen LogP contribution in [0.1, 0.15) is 147 Å². The van der Waals surface area contributed by atoms with E-state index < -0.39 is 261 Å². The summed E-state index contributed by atoms with van der Waals surface area (Å²) < 4.78 is 5.68. The summed E-state index contributed by atoms with van der Waals surface area (Å²) in [6, 6.07) is -10.4. The number of aromatic amines is 1. The normalized spacial score (nSPS) is 21.3. The van der Waals surface area contributed by atoms with Crippen molar-refractivity contribution in [3.8, 4) is 0 Å². The van der Waals surface area contributed by atoms with Crippen molar-refractivity contribution in [2.75, 3.05) is 25.4 Å². The van der Waals surface area contributed by atoms with E-state index in [-0.39, 0.29) is 24.1 Å². The lowest BCUT2D eigenvalue weighted by Crippen LogP contribution is -2.62. The van der Waals surface area contributed by atoms with E-state index in [9.17, 15) is 121 Å². The molecule has 0 radical (unpaired) electrons. The van der Waals surface area contributed by atoms with Gasteiger partial charge in [0.2, 0.25) is 82.7 Å². The topological polar surface area (TPSA) is 676 Å². The van der Waals surface area contributed by atoms with Gasteiger partial charge in [-0.2, -0.15) is 0 Å². The standard InChI is InChI=1S/C72H100N16O26/c1-7-8-9-10-11-12-13-22-52(92)79-43(24-38-30-75-42-21-17-15-18-39(38)42)65(106)82-44(26-51(74)91)66(107)83-47(29-58(101)102)67(108)88-61-37(6)114-72(113)48(25-50(90)40-19-14-16-20-41(40)73)85-71(112)60(35(4)23-55(95)96)87-68(109)49(33-89)80-53(93)31-76-63(104)45(27-56(97)98)81-62(103)36(5)78-64(105)46(28-57(99)100)84-70(111)59(34(2)3)86-54(94)32-77-69(61)110/h14-21,30,34-37,43-49,59-61,75,89H,7-13,22-29,31-33,73H2,1-6H3,(H2,74,91)(H,76,104)(H,77,110)(H,78,105)(H,79,92)(H,80,93)(H,81,103)(H,82,106)(H,83,107)(H,84,111)(H,85,112)(H,86,94)(H,87,109)(H,88,108)(H,95,96)(H,97,98)(H,99,100)(H,101,102)/t35-,36+,37+,43-,44-,45-,46-,47-,48-,49+,59-,60-,61-/m0/s1. The van der Waals surface area contributed by atoms with Crippen LogP contribution in [0, 0.1) is 11.8 Å². The highest BCUT2D eigenvalue weighted by Gasteiger charge is 2.41. The quantitative estimate of drug-likeness (QED) is 0.0118. The molecule has 0 aliphatic carbocycles. The summed E-state index contributed by atoms with van der Waals surface area (Å²) in [5, 5.41) is 78.7. The monoisotopic (exact) mass is 1600 g/mol. The summed E-state index contributed by atoms with van der Waals surface area (Å²) in [7, 11) is 0. The molecule has 1 aromatic heterocycles. The van der Waals surface area contributed by atoms with E-state index >= 15 is 0 Å². The molecule has 42 heteroatoms. The third-order valence-electron chi connectivity index (χ3n) is 17.8. The molecule has 0 saturated carbocycles. The molecule has 13 atom stereocenters. The van der Waals surface area contributed by atoms with E-state index in [4.69, 9.17) is 16.2 Å². The minimum absolute atomic E-state index is 0.0157. The Morgan fingerprint density at radius 1 is 0.535 bits per heavy atom. The number of aliphatic carboxylic acids is 4. The Morgan fingerprint density at radius 3 is 1.67 bits per heavy atom. The number of nitrogens with one attached hydrogen (secondary N) is 14. The predicted molar refractivity (Wildman–Crippen MR) is 397 cm³/mol. The van der Waals surface area contributed by atoms with E-state index in [0.29, 0.717) is 29.3 Å². The van der Waals surface area contributed by atoms with Crippen LogP contribution in [-0.4, -0.2) is 241 Å². The number of benzene rings is 2. The first-order valence-electron chi connectivity index (χ1n) is 36.5. The average molecular weight is 1610 g/mol. The van der Waals surface area contributed by atoms with Crippen molar-refractivity contribution in [1.29, 1.82) is 0 Å². The number of aliphatic hydroxyl groups is 1. The molecule has 1 fully saturated rings. The number of para-hydroxylation sites is 2. The fraction of sp³-hybridized carbons (Fsp3) is 0.528. The van der Waals surface area contributed by atoms with Crippen molar-refractivity contribution in [2.24, 2.45) is 17.6 Å². The number of cyclic esters (lactones) is 1. The van der Waals surface area contributed by atoms with Gasteiger partial charge in [0.05, 0.1) is 51.8 Å². The van der Waals surface area contributed by atoms with Gasteiger partial charge >= 0.3 is 29.8 Å². The molecule has 1 aliphatic heterocycles. The highest BCUT2D eigenvalue weighted by atomic mass is 16.5. The van der Waals surface area contributed by atoms with E-state index in [1.165, 1.54) is 38.1 Å². The molecule has 23 N–H and O–H groups in total. The molecular formula is C72H100N16O26. The number of amides is 14. The minimum atomic E-state index is -2.44. The summed E-state index contributed by atoms with van der Waals surface area (Å²) in [5.41, 5.74) is 12.4. The maximum Gasteiger partial charge on any atom is 0.329 e. The van der Waals surface area contributed by atoms with E-state index in [2.05, 4.69) is 65.1 Å². The van der Waals surface area contributed by atoms with Gasteiger partial charge in [0.15, 0.2) is 5.78 Å². The van der Waals surface area contributed by atoms with Crippen LogP contribution in [-0.2, 0) is 102 Å². The lowest BCUT2D eigenvalue weighted by atomic mass is 9.96. The molecule has 0 bridgehead atoms. The number of aromatic nitrogens is 1. The number of hydrogen-bond acceptors (Lipinski definition) is 23. The summed E-state index contributed by atoms with van der Waals surface area (Å²) in [4.78, 5) is 276. The fourth-order valence-electron chi connectivity index (χ4n) is 11.6. The first kappa shape index (κ1) is 93.7. The number of rotatable bonds is 33. The number of primary amides is 1. The van der Waals surface area contributed by atoms with Gasteiger partial charge in [0.25, 0.3) is 0 Å². The average Bonchev–Trinajstić information content (AvgIpc) is 1.61. The number of nitrogen functional groups attached to an aromatic ring is 1. The Labute approximate surface area is 652 Å². The third kappa shape index (κ3) is 31.2. The van der Waals surface area contributed by atoms with Crippen LogP contribution >= 0.6 is 0 Å². The van der Waals surface area contributed by atoms with Crippen LogP contribution in [0.2, 0.25) is 0 Å². The smallest absolute Gasteiger partial charge is 0.329 e. The minimum Gasteiger partial charge on any atom is -0.481 e. The Morgan fingerprint density at radius 2 is 1.07 bits per heavy atom. The summed E-state index contributed by atoms with van der Waals surface area (Å²) in [5.74, 6) is -30.6. The van der Waals surface area contributed by atoms with Crippen molar-refractivity contribution in [3.05, 3.63) is 65.9 Å². The van der Waals surface area contributed by atoms with Crippen LogP contribution in [0.25, 0.3) is 10.9 Å². The number of carbonyl (C=O) groups excluding carboxylic acids is 16. The number of hydrogen-bond donors (Lipinski definition) is 21. The van der Waals surface area contributed by atoms with Crippen molar-refractivity contribution in [2.45, 2.75) is 210 Å². The number of anilines is 1. The zero-order valence-corrected chi connectivity index (χ0v) is 63.5. The van der Waals surface area contributed by atoms with Crippen molar-refractivity contribution in [1.82, 2.24) is 74.1 Å². The SMILES string of the molecule is CCCCCCCCCC(=O)N[C@@H](Cc1c[nH]c2ccccc12)C(=O)N[C@@H](CC(N)=O)C(=O)N[C@@H](CC(=O)O)C(=O)N[C@@H]1C(=O)NCC(=O)N[C@@H](C(C)C)C(=O)N[C@@H](CC(=O)O)C(=O)N[C@H](C)C(=O)N[C@@H](CC(=O)O)C(=O)NCC(=O)N[C@H](CO)C(=O)N[C@@H]([C@@H](C)CC(=O)O)C(=O)N[C@@H](CC(=O)c2ccccc2N)C(=O)O[C@@H]1C. The van der Waals surface area contributed by atoms with Gasteiger partial charge in [0.1, 0.15) is 72.6 Å². The zero-order chi connectivity index (χ0) is 85.2. The van der Waals surface area contributed by atoms with Gasteiger partial charge in [-0.1, -0.05) is 96.6 Å². The molecule has 14 amide bonds. The molecule has 2 heterocycles. The molecule has 1 aliphatic rings. The van der Waals surface area contributed by atoms with Crippen molar-refractivity contribution >= 4 is 135 Å². The van der Waals surface area contributed by atoms with Gasteiger partial charge in [-0.25, -0.2) is 4.79 Å². The van der Waals surface area contributed by atoms with Crippen LogP contribution in [0.15, 0.2) is 54.7 Å². The Bertz CT molecular complexity index is 4040. The zero-order valence-electron chi connectivity index (χ0n) is 63.5. The second kappa shape index (κ2) is 46.2. The van der Waals surface area contributed by atoms with E-state index in [1.807, 2.05) is 16.0 Å². The molecule has 0 spiro atoms. The van der Waals surface area contributed by atoms with Gasteiger partial charge in [0, 0.05) is 47.6 Å². The number of ether oxygens (including phenoxy) is 1. The number of unbranched alkanes of at least 4 members (excludes halogenated alkanes) is 6. The number of carbonyl (C=O) groups is 20. The molecule has 4 rings (SSSR count). The second-order valence-corrected chi connectivity index (χ2v) is 27.5. The lowest BCUT2D eigenvalue weighted by molar-refractivity contribution is -0.156. The van der Waals surface area contributed by atoms with Gasteiger partial charge in [-0.15, -0.1) is 0 Å². The maximum atomic E-state index is 14.8. The molecule has 1 saturated heterocycles. The number of esters is 1. The van der Waals surface area contributed by atoms with Crippen LogP contribution in [0.3, 0.4) is 0 Å². The number of Topliss-reactive ketones (excluding diaryl/α,β-unsaturated/α-hetero) is 1. The largest absolute Gasteiger partial charge is 0.481 e. The van der Waals surface area contributed by atoms with Crippen LogP contribution < -0.4 is 80.6 Å². The van der Waals surface area contributed by atoms with E-state index in [0.717, 1.165) is 52.9 Å². The first-order chi connectivity index (χ1) is 53.7. The van der Waals surface area contributed by atoms with Gasteiger partial charge < -0.3 is 116 Å². The number of fused-ring (bicyclic) bond motifs is 1. The predicted octanol–water partition coefficient (Wildman–Crippen LogP) is -4.70. The van der Waals surface area contributed by atoms with Crippen molar-refractivity contribution < 1.29 is 126 Å². The maximum absolute atomic E-state index is 14.8. The molecule has 42 nitrogen and oxygen atoms in total. The summed E-state index contributed by atoms with van der Waals surface area (Å²) in [6.45, 7) is 4.03. The van der Waals surface area contributed by atoms with Crippen LogP contribution in [0.5, 0.6) is 0 Å². The van der Waals surface area contributed by atoms with Crippen molar-refractivity contribution in [3.63, 3.8) is 0 Å². The second-order valence-electron chi connectivity index (χ2n) is 27.5. The van der Waals surface area contributed by atoms with Gasteiger partial charge in [-0.3, -0.25) is 91.1 Å². The highest BCUT2D eigenvalue weighted by Crippen LogP contribution is 2.22. The summed E-state index contributed by atoms with van der Waals surface area (Å²) >= 11 is 0. The lowest BCUT2D eigenvalue weighted by Gasteiger charge is -2.30. The highest BCUT2D eigenvalue weighted by molar-refractivity contribution is 6.05. The number of nitrogens with two attached hydrogens (primary N) is 2. The molecule has 624 valence electrons. The number of H-pyrrole nitrogens is 1. The first-order valence-corrected chi connectivity index (χ1v) is 36.5. The Balaban J connectivity index is 1.87. The molecule has 3 aromatic rings. The van der Waals surface area contributed by atoms with E-state index in [1.54, 1.807) is 30.5 Å². The fourth-order valence-corrected chi connectivity index (χ4v) is 11.6. The summed E-state index contributed by atoms with van der Waals surface area (Å²) in [6.07, 6.45) is -1.77. The molecule has 2 aromatic carbocycles. The number of carboxylic acids is 4. The number of ketones is 1. The van der Waals surface area contributed by atoms with Gasteiger partial charge in [-0.05, 0) is 55.9 Å². The number of carboxylic acid groups (broad SMARTS) is 4. The third-order valence-corrected chi connectivity index (χ3v) is 17.8. The molecular weight excluding hydrogens is 1500 g/mol. The van der Waals surface area contributed by atoms with Crippen LogP contribution in [0.4, 0.5) is 5.69 Å². The molecule has 114 heavy (non-hydrogen) atoms. The number of aliphatic hydroxyl groups excluding tert-OH is 1.